The third-order valence-corrected chi connectivity index (χ3v) is 3.62. The van der Waals surface area contributed by atoms with Gasteiger partial charge in [0.25, 0.3) is 0 Å². The van der Waals surface area contributed by atoms with E-state index in [0.29, 0.717) is 16.7 Å². The van der Waals surface area contributed by atoms with Crippen LogP contribution in [0.1, 0.15) is 0 Å². The fraction of sp³-hybridized carbons (Fsp3) is 0.0625. The summed E-state index contributed by atoms with van der Waals surface area (Å²) in [6, 6.07) is 7.91. The van der Waals surface area contributed by atoms with E-state index in [4.69, 9.17) is 6.42 Å². The van der Waals surface area contributed by atoms with E-state index in [0.717, 1.165) is 16.6 Å². The van der Waals surface area contributed by atoms with Crippen molar-refractivity contribution in [3.8, 4) is 12.3 Å². The molecule has 4 nitrogen and oxygen atoms in total. The third kappa shape index (κ3) is 3.15. The SMILES string of the molecule is C#CCSc1nc(Nc2ccc(F)cc2)c2ccncc2n1. The summed E-state index contributed by atoms with van der Waals surface area (Å²) in [6.07, 6.45) is 8.62. The Hall–Kier alpha value is -2.65. The van der Waals surface area contributed by atoms with Gasteiger partial charge in [-0.2, -0.15) is 0 Å². The largest absolute Gasteiger partial charge is 0.340 e. The molecule has 0 bridgehead atoms. The summed E-state index contributed by atoms with van der Waals surface area (Å²) in [6.45, 7) is 0. The maximum absolute atomic E-state index is 13.0. The van der Waals surface area contributed by atoms with E-state index in [-0.39, 0.29) is 5.82 Å². The molecule has 0 fully saturated rings. The number of nitrogens with one attached hydrogen (secondary N) is 1. The van der Waals surface area contributed by atoms with Crippen LogP contribution in [0.2, 0.25) is 0 Å². The maximum atomic E-state index is 13.0. The van der Waals surface area contributed by atoms with Gasteiger partial charge in [0.05, 0.1) is 17.5 Å². The molecule has 0 atom stereocenters. The summed E-state index contributed by atoms with van der Waals surface area (Å²) in [4.78, 5) is 13.0. The molecule has 0 amide bonds. The molecule has 0 aliphatic carbocycles. The van der Waals surface area contributed by atoms with Gasteiger partial charge in [-0.15, -0.1) is 6.42 Å². The molecule has 2 aromatic heterocycles. The molecule has 3 rings (SSSR count). The Bertz CT molecular complexity index is 843. The summed E-state index contributed by atoms with van der Waals surface area (Å²) in [5.41, 5.74) is 1.47. The Morgan fingerprint density at radius 3 is 2.77 bits per heavy atom. The Kier molecular flexibility index (Phi) is 4.17. The van der Waals surface area contributed by atoms with Crippen molar-refractivity contribution >= 4 is 34.2 Å². The molecule has 0 spiro atoms. The number of benzene rings is 1. The Morgan fingerprint density at radius 2 is 2.00 bits per heavy atom. The lowest BCUT2D eigenvalue weighted by Crippen LogP contribution is -1.99. The molecule has 6 heteroatoms. The molecule has 0 saturated heterocycles. The minimum atomic E-state index is -0.285. The van der Waals surface area contributed by atoms with Crippen molar-refractivity contribution in [2.45, 2.75) is 5.16 Å². The van der Waals surface area contributed by atoms with Crippen molar-refractivity contribution in [2.75, 3.05) is 11.1 Å². The van der Waals surface area contributed by atoms with E-state index in [1.807, 2.05) is 6.07 Å². The van der Waals surface area contributed by atoms with Crippen LogP contribution in [0.4, 0.5) is 15.9 Å². The average Bonchev–Trinajstić information content (AvgIpc) is 2.55. The van der Waals surface area contributed by atoms with Crippen LogP contribution in [-0.4, -0.2) is 20.7 Å². The van der Waals surface area contributed by atoms with E-state index in [1.165, 1.54) is 23.9 Å². The highest BCUT2D eigenvalue weighted by atomic mass is 32.2. The van der Waals surface area contributed by atoms with Crippen LogP contribution < -0.4 is 5.32 Å². The molecule has 1 N–H and O–H groups in total. The van der Waals surface area contributed by atoms with Crippen LogP contribution in [0.25, 0.3) is 10.9 Å². The molecule has 1 aromatic carbocycles. The van der Waals surface area contributed by atoms with Gasteiger partial charge in [-0.25, -0.2) is 14.4 Å². The van der Waals surface area contributed by atoms with Gasteiger partial charge in [0.15, 0.2) is 5.16 Å². The predicted molar refractivity (Wildman–Crippen MR) is 86.6 cm³/mol. The van der Waals surface area contributed by atoms with Crippen LogP contribution in [-0.2, 0) is 0 Å². The number of hydrogen-bond donors (Lipinski definition) is 1. The van der Waals surface area contributed by atoms with Gasteiger partial charge in [-0.05, 0) is 30.3 Å². The molecule has 0 aliphatic heterocycles. The molecule has 0 aliphatic rings. The van der Waals surface area contributed by atoms with Gasteiger partial charge in [-0.3, -0.25) is 4.98 Å². The summed E-state index contributed by atoms with van der Waals surface area (Å²) in [5.74, 6) is 3.39. The zero-order valence-corrected chi connectivity index (χ0v) is 12.3. The minimum Gasteiger partial charge on any atom is -0.340 e. The second-order valence-electron chi connectivity index (χ2n) is 4.37. The number of aromatic nitrogens is 3. The number of thioether (sulfide) groups is 1. The number of fused-ring (bicyclic) bond motifs is 1. The maximum Gasteiger partial charge on any atom is 0.191 e. The third-order valence-electron chi connectivity index (χ3n) is 2.87. The second-order valence-corrected chi connectivity index (χ2v) is 5.31. The van der Waals surface area contributed by atoms with Crippen LogP contribution in [0.5, 0.6) is 0 Å². The number of pyridine rings is 1. The van der Waals surface area contributed by atoms with Gasteiger partial charge in [0.1, 0.15) is 11.6 Å². The zero-order valence-electron chi connectivity index (χ0n) is 11.5. The van der Waals surface area contributed by atoms with Crippen LogP contribution in [0.3, 0.4) is 0 Å². The van der Waals surface area contributed by atoms with E-state index in [1.54, 1.807) is 24.5 Å². The van der Waals surface area contributed by atoms with Crippen molar-refractivity contribution in [2.24, 2.45) is 0 Å². The van der Waals surface area contributed by atoms with E-state index < -0.39 is 0 Å². The molecule has 108 valence electrons. The number of halogens is 1. The lowest BCUT2D eigenvalue weighted by molar-refractivity contribution is 0.628. The van der Waals surface area contributed by atoms with Crippen LogP contribution in [0.15, 0.2) is 47.9 Å². The van der Waals surface area contributed by atoms with Gasteiger partial charge < -0.3 is 5.32 Å². The molecular formula is C16H11FN4S. The first kappa shape index (κ1) is 14.3. The lowest BCUT2D eigenvalue weighted by Gasteiger charge is -2.10. The average molecular weight is 310 g/mol. The zero-order chi connectivity index (χ0) is 15.4. The highest BCUT2D eigenvalue weighted by molar-refractivity contribution is 7.99. The Labute approximate surface area is 131 Å². The minimum absolute atomic E-state index is 0.285. The van der Waals surface area contributed by atoms with Gasteiger partial charge >= 0.3 is 0 Å². The Morgan fingerprint density at radius 1 is 1.18 bits per heavy atom. The second kappa shape index (κ2) is 6.41. The van der Waals surface area contributed by atoms with Crippen molar-refractivity contribution in [3.63, 3.8) is 0 Å². The highest BCUT2D eigenvalue weighted by Gasteiger charge is 2.08. The number of nitrogens with zero attached hydrogens (tertiary/aromatic N) is 3. The van der Waals surface area contributed by atoms with Crippen LogP contribution >= 0.6 is 11.8 Å². The summed E-state index contributed by atoms with van der Waals surface area (Å²) < 4.78 is 13.0. The van der Waals surface area contributed by atoms with Crippen molar-refractivity contribution in [3.05, 3.63) is 48.5 Å². The quantitative estimate of drug-likeness (QED) is 0.453. The number of terminal acetylenes is 1. The van der Waals surface area contributed by atoms with Crippen molar-refractivity contribution < 1.29 is 4.39 Å². The number of hydrogen-bond acceptors (Lipinski definition) is 5. The van der Waals surface area contributed by atoms with E-state index >= 15 is 0 Å². The molecule has 3 aromatic rings. The molecule has 22 heavy (non-hydrogen) atoms. The normalized spacial score (nSPS) is 10.4. The number of rotatable bonds is 4. The van der Waals surface area contributed by atoms with Crippen molar-refractivity contribution in [1.29, 1.82) is 0 Å². The van der Waals surface area contributed by atoms with E-state index in [2.05, 4.69) is 26.2 Å². The fourth-order valence-electron chi connectivity index (χ4n) is 1.90. The van der Waals surface area contributed by atoms with Gasteiger partial charge in [0.2, 0.25) is 0 Å². The monoisotopic (exact) mass is 310 g/mol. The molecule has 0 unspecified atom stereocenters. The summed E-state index contributed by atoms with van der Waals surface area (Å²) in [7, 11) is 0. The topological polar surface area (TPSA) is 50.7 Å². The predicted octanol–water partition coefficient (Wildman–Crippen LogP) is 3.63. The first-order chi connectivity index (χ1) is 10.8. The smallest absolute Gasteiger partial charge is 0.191 e. The first-order valence-corrected chi connectivity index (χ1v) is 7.45. The first-order valence-electron chi connectivity index (χ1n) is 6.47. The standard InChI is InChI=1S/C16H11FN4S/c1-2-9-22-16-20-14-10-18-8-7-13(14)15(21-16)19-12-5-3-11(17)4-6-12/h1,3-8,10H,9H2,(H,19,20,21). The van der Waals surface area contributed by atoms with Gasteiger partial charge in [-0.1, -0.05) is 17.7 Å². The molecule has 0 radical (unpaired) electrons. The Balaban J connectivity index is 2.02. The van der Waals surface area contributed by atoms with E-state index in [9.17, 15) is 4.39 Å². The summed E-state index contributed by atoms with van der Waals surface area (Å²) in [5, 5.41) is 4.59. The number of anilines is 2. The lowest BCUT2D eigenvalue weighted by atomic mass is 10.2. The van der Waals surface area contributed by atoms with Gasteiger partial charge in [0, 0.05) is 17.3 Å². The molecule has 2 heterocycles. The molecular weight excluding hydrogens is 299 g/mol. The fourth-order valence-corrected chi connectivity index (χ4v) is 2.43. The van der Waals surface area contributed by atoms with Crippen molar-refractivity contribution in [1.82, 2.24) is 15.0 Å². The highest BCUT2D eigenvalue weighted by Crippen LogP contribution is 2.26. The molecule has 0 saturated carbocycles. The van der Waals surface area contributed by atoms with Crippen LogP contribution in [0, 0.1) is 18.2 Å². The summed E-state index contributed by atoms with van der Waals surface area (Å²) >= 11 is 1.38.